The highest BCUT2D eigenvalue weighted by Gasteiger charge is 2.16. The molecule has 0 unspecified atom stereocenters. The number of halogens is 1. The fourth-order valence-electron chi connectivity index (χ4n) is 1.90. The maximum absolute atomic E-state index is 9.00. The number of nitrogens with one attached hydrogen (secondary N) is 1. The minimum absolute atomic E-state index is 0.292. The van der Waals surface area contributed by atoms with Crippen LogP contribution in [0, 0.1) is 16.7 Å². The van der Waals surface area contributed by atoms with E-state index in [1.54, 1.807) is 0 Å². The molecule has 1 aromatic carbocycles. The predicted molar refractivity (Wildman–Crippen MR) is 87.6 cm³/mol. The lowest BCUT2D eigenvalue weighted by Crippen LogP contribution is -2.22. The molecule has 0 atom stereocenters. The van der Waals surface area contributed by atoms with Gasteiger partial charge in [-0.15, -0.1) is 0 Å². The number of hydrogen-bond acceptors (Lipinski definition) is 3. The van der Waals surface area contributed by atoms with E-state index in [4.69, 9.17) is 21.6 Å². The van der Waals surface area contributed by atoms with Gasteiger partial charge in [0.1, 0.15) is 5.75 Å². The van der Waals surface area contributed by atoms with Crippen LogP contribution in [0.15, 0.2) is 18.2 Å². The van der Waals surface area contributed by atoms with Crippen molar-refractivity contribution in [2.75, 3.05) is 6.61 Å². The van der Waals surface area contributed by atoms with Gasteiger partial charge < -0.3 is 10.1 Å². The Bertz CT molecular complexity index is 492. The Balaban J connectivity index is 2.58. The minimum atomic E-state index is -0.292. The van der Waals surface area contributed by atoms with Crippen LogP contribution in [0.3, 0.4) is 0 Å². The third-order valence-electron chi connectivity index (χ3n) is 3.27. The lowest BCUT2D eigenvalue weighted by Gasteiger charge is -2.17. The zero-order chi connectivity index (χ0) is 15.9. The van der Waals surface area contributed by atoms with Gasteiger partial charge in [0.15, 0.2) is 0 Å². The molecule has 0 aliphatic rings. The molecule has 0 aliphatic carbocycles. The molecular weight excluding hydrogens is 284 g/mol. The smallest absolute Gasteiger partial charge is 0.125 e. The van der Waals surface area contributed by atoms with E-state index < -0.39 is 0 Å². The number of nitrogens with zero attached hydrogens (tertiary/aromatic N) is 1. The molecule has 0 radical (unpaired) electrons. The van der Waals surface area contributed by atoms with Crippen molar-refractivity contribution in [2.45, 2.75) is 53.1 Å². The van der Waals surface area contributed by atoms with Gasteiger partial charge in [0, 0.05) is 23.2 Å². The molecule has 21 heavy (non-hydrogen) atoms. The first kappa shape index (κ1) is 17.8. The van der Waals surface area contributed by atoms with Gasteiger partial charge in [-0.3, -0.25) is 0 Å². The van der Waals surface area contributed by atoms with Gasteiger partial charge in [0.05, 0.1) is 18.1 Å². The summed E-state index contributed by atoms with van der Waals surface area (Å²) in [5.74, 6) is 0.824. The summed E-state index contributed by atoms with van der Waals surface area (Å²) in [6.45, 7) is 9.38. The molecule has 3 nitrogen and oxygen atoms in total. The molecule has 1 N–H and O–H groups in total. The molecule has 0 saturated heterocycles. The van der Waals surface area contributed by atoms with Crippen LogP contribution in [0.25, 0.3) is 0 Å². The van der Waals surface area contributed by atoms with Crippen molar-refractivity contribution in [3.8, 4) is 11.8 Å². The zero-order valence-electron chi connectivity index (χ0n) is 13.4. The number of nitriles is 1. The van der Waals surface area contributed by atoms with Crippen LogP contribution in [0.2, 0.25) is 5.02 Å². The molecule has 0 saturated carbocycles. The monoisotopic (exact) mass is 308 g/mol. The summed E-state index contributed by atoms with van der Waals surface area (Å²) in [7, 11) is 0. The third-order valence-corrected chi connectivity index (χ3v) is 3.62. The predicted octanol–water partition coefficient (Wildman–Crippen LogP) is 4.55. The Labute approximate surface area is 133 Å². The Morgan fingerprint density at radius 3 is 2.71 bits per heavy atom. The second-order valence-corrected chi connectivity index (χ2v) is 6.61. The van der Waals surface area contributed by atoms with E-state index in [0.29, 0.717) is 19.2 Å². The summed E-state index contributed by atoms with van der Waals surface area (Å²) in [5.41, 5.74) is 0.701. The molecule has 0 heterocycles. The van der Waals surface area contributed by atoms with Crippen molar-refractivity contribution >= 4 is 11.6 Å². The van der Waals surface area contributed by atoms with E-state index in [-0.39, 0.29) is 5.41 Å². The summed E-state index contributed by atoms with van der Waals surface area (Å²) < 4.78 is 5.86. The Hall–Kier alpha value is -1.24. The molecule has 0 aromatic heterocycles. The SMILES string of the molecule is CC(C)NCc1c(Cl)cccc1OCCCC(C)(C)C#N. The Kier molecular flexibility index (Phi) is 7.01. The number of ether oxygens (including phenoxy) is 1. The first-order chi connectivity index (χ1) is 9.85. The molecule has 0 fully saturated rings. The van der Waals surface area contributed by atoms with Gasteiger partial charge in [0.25, 0.3) is 0 Å². The summed E-state index contributed by atoms with van der Waals surface area (Å²) in [6.07, 6.45) is 1.67. The third kappa shape index (κ3) is 6.37. The summed E-state index contributed by atoms with van der Waals surface area (Å²) in [4.78, 5) is 0. The standard InChI is InChI=1S/C17H25ClN2O/c1-13(2)20-11-14-15(18)7-5-8-16(14)21-10-6-9-17(3,4)12-19/h5,7-8,13,20H,6,9-11H2,1-4H3. The Morgan fingerprint density at radius 2 is 2.10 bits per heavy atom. The normalized spacial score (nSPS) is 11.5. The molecule has 1 aromatic rings. The molecule has 0 aliphatic heterocycles. The van der Waals surface area contributed by atoms with Crippen LogP contribution in [0.4, 0.5) is 0 Å². The topological polar surface area (TPSA) is 45.0 Å². The van der Waals surface area contributed by atoms with Crippen LogP contribution in [-0.2, 0) is 6.54 Å². The first-order valence-electron chi connectivity index (χ1n) is 7.40. The molecule has 0 bridgehead atoms. The molecule has 116 valence electrons. The minimum Gasteiger partial charge on any atom is -0.493 e. The van der Waals surface area contributed by atoms with Gasteiger partial charge in [-0.25, -0.2) is 0 Å². The largest absolute Gasteiger partial charge is 0.493 e. The maximum atomic E-state index is 9.00. The molecule has 4 heteroatoms. The molecule has 0 spiro atoms. The molecule has 0 amide bonds. The van der Waals surface area contributed by atoms with Crippen molar-refractivity contribution in [1.29, 1.82) is 5.26 Å². The van der Waals surface area contributed by atoms with Crippen LogP contribution in [-0.4, -0.2) is 12.6 Å². The van der Waals surface area contributed by atoms with E-state index in [1.165, 1.54) is 0 Å². The van der Waals surface area contributed by atoms with E-state index in [0.717, 1.165) is 29.2 Å². The van der Waals surface area contributed by atoms with Crippen molar-refractivity contribution in [1.82, 2.24) is 5.32 Å². The maximum Gasteiger partial charge on any atom is 0.125 e. The van der Waals surface area contributed by atoms with Gasteiger partial charge >= 0.3 is 0 Å². The average Bonchev–Trinajstić information content (AvgIpc) is 2.42. The second-order valence-electron chi connectivity index (χ2n) is 6.20. The first-order valence-corrected chi connectivity index (χ1v) is 7.78. The van der Waals surface area contributed by atoms with Crippen LogP contribution in [0.5, 0.6) is 5.75 Å². The van der Waals surface area contributed by atoms with E-state index in [2.05, 4.69) is 25.2 Å². The van der Waals surface area contributed by atoms with Crippen molar-refractivity contribution in [3.63, 3.8) is 0 Å². The quantitative estimate of drug-likeness (QED) is 0.717. The van der Waals surface area contributed by atoms with Crippen molar-refractivity contribution in [2.24, 2.45) is 5.41 Å². The van der Waals surface area contributed by atoms with Gasteiger partial charge in [-0.2, -0.15) is 5.26 Å². The fourth-order valence-corrected chi connectivity index (χ4v) is 2.14. The zero-order valence-corrected chi connectivity index (χ0v) is 14.1. The van der Waals surface area contributed by atoms with Crippen molar-refractivity contribution in [3.05, 3.63) is 28.8 Å². The summed E-state index contributed by atoms with van der Waals surface area (Å²) >= 11 is 6.26. The lowest BCUT2D eigenvalue weighted by atomic mass is 9.90. The second kappa shape index (κ2) is 8.26. The highest BCUT2D eigenvalue weighted by molar-refractivity contribution is 6.31. The van der Waals surface area contributed by atoms with Crippen LogP contribution in [0.1, 0.15) is 46.1 Å². The fraction of sp³-hybridized carbons (Fsp3) is 0.588. The molecular formula is C17H25ClN2O. The number of hydrogen-bond donors (Lipinski definition) is 1. The Morgan fingerprint density at radius 1 is 1.38 bits per heavy atom. The highest BCUT2D eigenvalue weighted by Crippen LogP contribution is 2.27. The lowest BCUT2D eigenvalue weighted by molar-refractivity contribution is 0.281. The van der Waals surface area contributed by atoms with Crippen LogP contribution < -0.4 is 10.1 Å². The average molecular weight is 309 g/mol. The van der Waals surface area contributed by atoms with Gasteiger partial charge in [-0.05, 0) is 38.8 Å². The van der Waals surface area contributed by atoms with Crippen molar-refractivity contribution < 1.29 is 4.74 Å². The number of rotatable bonds is 8. The van der Waals surface area contributed by atoms with E-state index in [1.807, 2.05) is 32.0 Å². The summed E-state index contributed by atoms with van der Waals surface area (Å²) in [5, 5.41) is 13.1. The van der Waals surface area contributed by atoms with E-state index in [9.17, 15) is 0 Å². The number of benzene rings is 1. The highest BCUT2D eigenvalue weighted by atomic mass is 35.5. The van der Waals surface area contributed by atoms with Crippen LogP contribution >= 0.6 is 11.6 Å². The molecule has 1 rings (SSSR count). The van der Waals surface area contributed by atoms with Gasteiger partial charge in [0.2, 0.25) is 0 Å². The summed E-state index contributed by atoms with van der Waals surface area (Å²) in [6, 6.07) is 8.42. The van der Waals surface area contributed by atoms with E-state index >= 15 is 0 Å². The van der Waals surface area contributed by atoms with Gasteiger partial charge in [-0.1, -0.05) is 31.5 Å².